The van der Waals surface area contributed by atoms with Crippen molar-refractivity contribution in [1.82, 2.24) is 5.32 Å². The first-order chi connectivity index (χ1) is 9.76. The van der Waals surface area contributed by atoms with Crippen LogP contribution < -0.4 is 15.8 Å². The summed E-state index contributed by atoms with van der Waals surface area (Å²) in [4.78, 5) is 0. The van der Waals surface area contributed by atoms with Crippen LogP contribution in [0.15, 0.2) is 23.4 Å². The van der Waals surface area contributed by atoms with Gasteiger partial charge in [-0.15, -0.1) is 0 Å². The summed E-state index contributed by atoms with van der Waals surface area (Å²) in [5, 5.41) is 14.3. The van der Waals surface area contributed by atoms with Crippen LogP contribution in [0.3, 0.4) is 0 Å². The summed E-state index contributed by atoms with van der Waals surface area (Å²) >= 11 is 0. The van der Waals surface area contributed by atoms with Gasteiger partial charge in [0.2, 0.25) is 0 Å². The first-order valence-corrected chi connectivity index (χ1v) is 6.21. The zero-order chi connectivity index (χ0) is 16.0. The molecule has 0 radical (unpaired) electrons. The number of oxime groups is 1. The Labute approximate surface area is 120 Å². The summed E-state index contributed by atoms with van der Waals surface area (Å²) in [5.41, 5.74) is 6.63. The molecule has 1 rings (SSSR count). The lowest BCUT2D eigenvalue weighted by Gasteiger charge is -2.16. The molecule has 0 aliphatic rings. The third-order valence-electron chi connectivity index (χ3n) is 2.84. The predicted molar refractivity (Wildman–Crippen MR) is 72.5 cm³/mol. The molecule has 0 aliphatic carbocycles. The molecular formula is C13H18F3N3O2. The van der Waals surface area contributed by atoms with Crippen LogP contribution in [0.25, 0.3) is 0 Å². The highest BCUT2D eigenvalue weighted by atomic mass is 19.4. The highest BCUT2D eigenvalue weighted by Crippen LogP contribution is 2.22. The Hall–Kier alpha value is -1.96. The second kappa shape index (κ2) is 7.16. The van der Waals surface area contributed by atoms with Crippen molar-refractivity contribution >= 4 is 5.84 Å². The van der Waals surface area contributed by atoms with Crippen molar-refractivity contribution in [3.63, 3.8) is 0 Å². The van der Waals surface area contributed by atoms with E-state index in [9.17, 15) is 13.2 Å². The fourth-order valence-corrected chi connectivity index (χ4v) is 1.82. The number of nitrogens with two attached hydrogens (primary N) is 1. The maximum Gasteiger partial charge on any atom is 0.390 e. The van der Waals surface area contributed by atoms with Crippen LogP contribution in [-0.4, -0.2) is 30.4 Å². The van der Waals surface area contributed by atoms with Gasteiger partial charge in [0.25, 0.3) is 0 Å². The Morgan fingerprint density at radius 3 is 2.67 bits per heavy atom. The van der Waals surface area contributed by atoms with Gasteiger partial charge in [-0.05, 0) is 24.6 Å². The van der Waals surface area contributed by atoms with E-state index in [1.54, 1.807) is 18.2 Å². The number of benzene rings is 1. The van der Waals surface area contributed by atoms with E-state index in [-0.39, 0.29) is 12.4 Å². The number of ether oxygens (including phenoxy) is 1. The first-order valence-electron chi connectivity index (χ1n) is 6.21. The van der Waals surface area contributed by atoms with E-state index in [4.69, 9.17) is 15.7 Å². The van der Waals surface area contributed by atoms with Crippen LogP contribution in [-0.2, 0) is 6.54 Å². The molecule has 0 aromatic heterocycles. The number of hydrogen-bond acceptors (Lipinski definition) is 4. The number of amidine groups is 1. The fourth-order valence-electron chi connectivity index (χ4n) is 1.82. The Morgan fingerprint density at radius 1 is 1.48 bits per heavy atom. The Morgan fingerprint density at radius 2 is 2.14 bits per heavy atom. The van der Waals surface area contributed by atoms with Crippen molar-refractivity contribution in [2.24, 2.45) is 10.9 Å². The first kappa shape index (κ1) is 17.1. The summed E-state index contributed by atoms with van der Waals surface area (Å²) in [6.07, 6.45) is -5.09. The van der Waals surface area contributed by atoms with Gasteiger partial charge in [0.15, 0.2) is 5.84 Å². The minimum Gasteiger partial charge on any atom is -0.496 e. The van der Waals surface area contributed by atoms with Crippen molar-refractivity contribution in [1.29, 1.82) is 0 Å². The average molecular weight is 305 g/mol. The third kappa shape index (κ3) is 5.50. The molecule has 5 nitrogen and oxygen atoms in total. The molecule has 21 heavy (non-hydrogen) atoms. The van der Waals surface area contributed by atoms with Crippen LogP contribution in [0, 0.1) is 0 Å². The zero-order valence-corrected chi connectivity index (χ0v) is 11.7. The van der Waals surface area contributed by atoms with Crippen LogP contribution in [0.1, 0.15) is 24.5 Å². The fraction of sp³-hybridized carbons (Fsp3) is 0.462. The Bertz CT molecular complexity index is 504. The van der Waals surface area contributed by atoms with E-state index in [0.29, 0.717) is 11.3 Å². The summed E-state index contributed by atoms with van der Waals surface area (Å²) in [5.74, 6) is 0.282. The lowest BCUT2D eigenvalue weighted by atomic mass is 10.1. The lowest BCUT2D eigenvalue weighted by molar-refractivity contribution is -0.139. The zero-order valence-electron chi connectivity index (χ0n) is 11.7. The molecule has 118 valence electrons. The summed E-state index contributed by atoms with van der Waals surface area (Å²) in [7, 11) is 1.42. The second-order valence-electron chi connectivity index (χ2n) is 4.62. The summed E-state index contributed by atoms with van der Waals surface area (Å²) in [6.45, 7) is 1.72. The molecule has 1 aromatic carbocycles. The highest BCUT2D eigenvalue weighted by Gasteiger charge is 2.29. The summed E-state index contributed by atoms with van der Waals surface area (Å²) in [6, 6.07) is 4.18. The van der Waals surface area contributed by atoms with Gasteiger partial charge in [0.1, 0.15) is 5.75 Å². The van der Waals surface area contributed by atoms with Gasteiger partial charge in [-0.3, -0.25) is 0 Å². The number of nitrogens with one attached hydrogen (secondary N) is 1. The topological polar surface area (TPSA) is 79.9 Å². The van der Waals surface area contributed by atoms with E-state index in [1.165, 1.54) is 14.0 Å². The largest absolute Gasteiger partial charge is 0.496 e. The monoisotopic (exact) mass is 305 g/mol. The van der Waals surface area contributed by atoms with Crippen molar-refractivity contribution in [3.05, 3.63) is 29.3 Å². The maximum absolute atomic E-state index is 12.2. The number of hydrogen-bond donors (Lipinski definition) is 3. The molecule has 0 amide bonds. The standard InChI is InChI=1S/C13H18F3N3O2/c1-8(6-13(14,15)16)18-7-9-3-4-10(12(17)19-20)11(5-9)21-2/h3-5,8,18,20H,6-7H2,1-2H3,(H2,17,19). The van der Waals surface area contributed by atoms with E-state index in [0.717, 1.165) is 5.56 Å². The van der Waals surface area contributed by atoms with Crippen molar-refractivity contribution < 1.29 is 23.1 Å². The van der Waals surface area contributed by atoms with E-state index >= 15 is 0 Å². The Balaban J connectivity index is 2.73. The van der Waals surface area contributed by atoms with Crippen LogP contribution in [0.2, 0.25) is 0 Å². The molecule has 0 aliphatic heterocycles. The van der Waals surface area contributed by atoms with Gasteiger partial charge in [-0.1, -0.05) is 11.2 Å². The molecule has 0 saturated carbocycles. The van der Waals surface area contributed by atoms with E-state index < -0.39 is 18.6 Å². The van der Waals surface area contributed by atoms with Crippen LogP contribution in [0.4, 0.5) is 13.2 Å². The molecule has 4 N–H and O–H groups in total. The van der Waals surface area contributed by atoms with Gasteiger partial charge >= 0.3 is 6.18 Å². The number of halogens is 3. The van der Waals surface area contributed by atoms with Crippen molar-refractivity contribution in [3.8, 4) is 5.75 Å². The molecule has 1 unspecified atom stereocenters. The number of nitrogens with zero attached hydrogens (tertiary/aromatic N) is 1. The minimum atomic E-state index is -4.19. The Kier molecular flexibility index (Phi) is 5.83. The van der Waals surface area contributed by atoms with Crippen LogP contribution in [0.5, 0.6) is 5.75 Å². The van der Waals surface area contributed by atoms with E-state index in [2.05, 4.69) is 10.5 Å². The molecule has 0 spiro atoms. The molecule has 1 aromatic rings. The molecule has 0 heterocycles. The SMILES string of the molecule is COc1cc(CNC(C)CC(F)(F)F)ccc1/C(N)=N/O. The highest BCUT2D eigenvalue weighted by molar-refractivity contribution is 5.99. The molecule has 0 saturated heterocycles. The van der Waals surface area contributed by atoms with Gasteiger partial charge in [-0.2, -0.15) is 13.2 Å². The van der Waals surface area contributed by atoms with E-state index in [1.807, 2.05) is 0 Å². The molecule has 1 atom stereocenters. The molecule has 0 fully saturated rings. The molecule has 8 heteroatoms. The maximum atomic E-state index is 12.2. The smallest absolute Gasteiger partial charge is 0.390 e. The molecular weight excluding hydrogens is 287 g/mol. The van der Waals surface area contributed by atoms with Gasteiger partial charge in [-0.25, -0.2) is 0 Å². The quantitative estimate of drug-likeness (QED) is 0.326. The predicted octanol–water partition coefficient (Wildman–Crippen LogP) is 2.22. The lowest BCUT2D eigenvalue weighted by Crippen LogP contribution is -2.30. The van der Waals surface area contributed by atoms with Gasteiger partial charge < -0.3 is 21.0 Å². The van der Waals surface area contributed by atoms with Crippen molar-refractivity contribution in [2.45, 2.75) is 32.1 Å². The number of alkyl halides is 3. The van der Waals surface area contributed by atoms with Crippen LogP contribution >= 0.6 is 0 Å². The number of rotatable bonds is 6. The minimum absolute atomic E-state index is 0.100. The molecule has 0 bridgehead atoms. The average Bonchev–Trinajstić information content (AvgIpc) is 2.42. The van der Waals surface area contributed by atoms with Gasteiger partial charge in [0.05, 0.1) is 19.1 Å². The second-order valence-corrected chi connectivity index (χ2v) is 4.62. The number of methoxy groups -OCH3 is 1. The third-order valence-corrected chi connectivity index (χ3v) is 2.84. The van der Waals surface area contributed by atoms with Gasteiger partial charge in [0, 0.05) is 12.6 Å². The summed E-state index contributed by atoms with van der Waals surface area (Å²) < 4.78 is 41.8. The normalized spacial score (nSPS) is 14.0. The van der Waals surface area contributed by atoms with Crippen molar-refractivity contribution in [2.75, 3.05) is 7.11 Å².